The van der Waals surface area contributed by atoms with Gasteiger partial charge in [0.05, 0.1) is 6.20 Å². The molecule has 0 amide bonds. The van der Waals surface area contributed by atoms with Gasteiger partial charge in [0.15, 0.2) is 0 Å². The van der Waals surface area contributed by atoms with Crippen molar-refractivity contribution in [2.75, 3.05) is 23.7 Å². The lowest BCUT2D eigenvalue weighted by atomic mass is 10.4. The van der Waals surface area contributed by atoms with Gasteiger partial charge in [-0.05, 0) is 20.3 Å². The van der Waals surface area contributed by atoms with Crippen LogP contribution in [0.1, 0.15) is 19.2 Å². The van der Waals surface area contributed by atoms with Crippen molar-refractivity contribution in [3.05, 3.63) is 24.3 Å². The first-order valence-corrected chi connectivity index (χ1v) is 6.45. The standard InChI is InChI=1S/C12H19N7/c1-3-13-11-9-12(17-10(2)16-11)14-5-4-7-19-8-6-15-18-19/h6,8-9H,3-5,7H2,1-2H3,(H2,13,14,16,17). The molecule has 7 nitrogen and oxygen atoms in total. The molecular formula is C12H19N7. The van der Waals surface area contributed by atoms with Gasteiger partial charge in [-0.15, -0.1) is 5.10 Å². The minimum absolute atomic E-state index is 0.761. The summed E-state index contributed by atoms with van der Waals surface area (Å²) in [7, 11) is 0. The van der Waals surface area contributed by atoms with E-state index >= 15 is 0 Å². The monoisotopic (exact) mass is 261 g/mol. The van der Waals surface area contributed by atoms with Crippen LogP contribution in [0.3, 0.4) is 0 Å². The number of aryl methyl sites for hydroxylation is 2. The van der Waals surface area contributed by atoms with Gasteiger partial charge in [-0.25, -0.2) is 9.97 Å². The highest BCUT2D eigenvalue weighted by atomic mass is 15.4. The molecule has 2 aromatic rings. The van der Waals surface area contributed by atoms with Crippen molar-refractivity contribution >= 4 is 11.6 Å². The molecule has 19 heavy (non-hydrogen) atoms. The zero-order chi connectivity index (χ0) is 13.5. The van der Waals surface area contributed by atoms with Crippen molar-refractivity contribution in [2.45, 2.75) is 26.8 Å². The van der Waals surface area contributed by atoms with Crippen molar-refractivity contribution < 1.29 is 0 Å². The fourth-order valence-corrected chi connectivity index (χ4v) is 1.74. The molecule has 2 N–H and O–H groups in total. The largest absolute Gasteiger partial charge is 0.370 e. The number of aromatic nitrogens is 5. The molecule has 0 unspecified atom stereocenters. The molecule has 102 valence electrons. The fraction of sp³-hybridized carbons (Fsp3) is 0.500. The molecule has 2 heterocycles. The van der Waals surface area contributed by atoms with Crippen LogP contribution in [0.15, 0.2) is 18.5 Å². The second-order valence-corrected chi connectivity index (χ2v) is 4.16. The van der Waals surface area contributed by atoms with E-state index in [4.69, 9.17) is 0 Å². The van der Waals surface area contributed by atoms with Crippen molar-refractivity contribution in [2.24, 2.45) is 0 Å². The molecule has 2 aromatic heterocycles. The molecule has 0 aromatic carbocycles. The molecule has 2 rings (SSSR count). The van der Waals surface area contributed by atoms with Crippen molar-refractivity contribution in [3.8, 4) is 0 Å². The number of hydrogen-bond acceptors (Lipinski definition) is 6. The van der Waals surface area contributed by atoms with Gasteiger partial charge in [0.25, 0.3) is 0 Å². The third kappa shape index (κ3) is 4.20. The van der Waals surface area contributed by atoms with Crippen LogP contribution in [-0.4, -0.2) is 38.1 Å². The Balaban J connectivity index is 1.81. The third-order valence-corrected chi connectivity index (χ3v) is 2.54. The van der Waals surface area contributed by atoms with Crippen LogP contribution in [0.2, 0.25) is 0 Å². The van der Waals surface area contributed by atoms with E-state index in [1.165, 1.54) is 0 Å². The second-order valence-electron chi connectivity index (χ2n) is 4.16. The predicted octanol–water partition coefficient (Wildman–Crippen LogP) is 1.31. The fourth-order valence-electron chi connectivity index (χ4n) is 1.74. The van der Waals surface area contributed by atoms with Gasteiger partial charge in [-0.2, -0.15) is 0 Å². The second kappa shape index (κ2) is 6.67. The molecule has 0 aliphatic carbocycles. The van der Waals surface area contributed by atoms with Crippen LogP contribution < -0.4 is 10.6 Å². The molecule has 7 heteroatoms. The lowest BCUT2D eigenvalue weighted by Crippen LogP contribution is -2.10. The van der Waals surface area contributed by atoms with Gasteiger partial charge < -0.3 is 10.6 Å². The average molecular weight is 261 g/mol. The van der Waals surface area contributed by atoms with Crippen molar-refractivity contribution in [1.29, 1.82) is 0 Å². The van der Waals surface area contributed by atoms with Crippen molar-refractivity contribution in [1.82, 2.24) is 25.0 Å². The van der Waals surface area contributed by atoms with Crippen LogP contribution in [-0.2, 0) is 6.54 Å². The van der Waals surface area contributed by atoms with Crippen LogP contribution in [0.25, 0.3) is 0 Å². The smallest absolute Gasteiger partial charge is 0.131 e. The first kappa shape index (κ1) is 13.3. The highest BCUT2D eigenvalue weighted by Crippen LogP contribution is 2.10. The number of nitrogens with one attached hydrogen (secondary N) is 2. The molecule has 0 saturated carbocycles. The Kier molecular flexibility index (Phi) is 4.66. The normalized spacial score (nSPS) is 10.4. The van der Waals surface area contributed by atoms with Gasteiger partial charge in [0.1, 0.15) is 17.5 Å². The van der Waals surface area contributed by atoms with Crippen LogP contribution >= 0.6 is 0 Å². The van der Waals surface area contributed by atoms with Gasteiger partial charge in [-0.1, -0.05) is 5.21 Å². The first-order chi connectivity index (χ1) is 9.28. The van der Waals surface area contributed by atoms with E-state index < -0.39 is 0 Å². The van der Waals surface area contributed by atoms with Gasteiger partial charge in [0.2, 0.25) is 0 Å². The maximum absolute atomic E-state index is 4.35. The Morgan fingerprint density at radius 2 is 2.00 bits per heavy atom. The Bertz CT molecular complexity index is 495. The summed E-state index contributed by atoms with van der Waals surface area (Å²) in [5.74, 6) is 2.47. The first-order valence-electron chi connectivity index (χ1n) is 6.45. The molecular weight excluding hydrogens is 242 g/mol. The number of anilines is 2. The molecule has 0 spiro atoms. The van der Waals surface area contributed by atoms with E-state index in [0.29, 0.717) is 0 Å². The SMILES string of the molecule is CCNc1cc(NCCCn2ccnn2)nc(C)n1. The van der Waals surface area contributed by atoms with E-state index in [2.05, 4.69) is 30.9 Å². The summed E-state index contributed by atoms with van der Waals surface area (Å²) in [4.78, 5) is 8.66. The molecule has 0 aliphatic heterocycles. The third-order valence-electron chi connectivity index (χ3n) is 2.54. The Hall–Kier alpha value is -2.18. The molecule has 0 bridgehead atoms. The molecule has 0 aliphatic rings. The number of nitrogens with zero attached hydrogens (tertiary/aromatic N) is 5. The highest BCUT2D eigenvalue weighted by Gasteiger charge is 2.00. The van der Waals surface area contributed by atoms with E-state index in [0.717, 1.165) is 43.5 Å². The summed E-state index contributed by atoms with van der Waals surface area (Å²) >= 11 is 0. The van der Waals surface area contributed by atoms with Crippen molar-refractivity contribution in [3.63, 3.8) is 0 Å². The quantitative estimate of drug-likeness (QED) is 0.731. The Morgan fingerprint density at radius 3 is 2.68 bits per heavy atom. The summed E-state index contributed by atoms with van der Waals surface area (Å²) in [6.07, 6.45) is 4.50. The van der Waals surface area contributed by atoms with Gasteiger partial charge in [-0.3, -0.25) is 4.68 Å². The number of hydrogen-bond donors (Lipinski definition) is 2. The van der Waals surface area contributed by atoms with E-state index in [9.17, 15) is 0 Å². The Labute approximate surface area is 112 Å². The maximum Gasteiger partial charge on any atom is 0.131 e. The van der Waals surface area contributed by atoms with E-state index in [-0.39, 0.29) is 0 Å². The summed E-state index contributed by atoms with van der Waals surface area (Å²) in [6.45, 7) is 6.46. The van der Waals surface area contributed by atoms with Crippen LogP contribution in [0.5, 0.6) is 0 Å². The molecule has 0 radical (unpaired) electrons. The summed E-state index contributed by atoms with van der Waals surface area (Å²) in [5.41, 5.74) is 0. The number of rotatable bonds is 7. The van der Waals surface area contributed by atoms with E-state index in [1.807, 2.05) is 30.8 Å². The maximum atomic E-state index is 4.35. The van der Waals surface area contributed by atoms with Crippen LogP contribution in [0.4, 0.5) is 11.6 Å². The van der Waals surface area contributed by atoms with E-state index in [1.54, 1.807) is 6.20 Å². The lowest BCUT2D eigenvalue weighted by Gasteiger charge is -2.09. The molecule has 0 saturated heterocycles. The summed E-state index contributed by atoms with van der Waals surface area (Å²) < 4.78 is 1.82. The van der Waals surface area contributed by atoms with Crippen LogP contribution in [0, 0.1) is 6.92 Å². The molecule has 0 fully saturated rings. The zero-order valence-electron chi connectivity index (χ0n) is 11.3. The Morgan fingerprint density at radius 1 is 1.21 bits per heavy atom. The summed E-state index contributed by atoms with van der Waals surface area (Å²) in [6, 6.07) is 1.92. The minimum Gasteiger partial charge on any atom is -0.370 e. The van der Waals surface area contributed by atoms with Gasteiger partial charge in [0, 0.05) is 31.9 Å². The zero-order valence-corrected chi connectivity index (χ0v) is 11.3. The molecule has 0 atom stereocenters. The highest BCUT2D eigenvalue weighted by molar-refractivity contribution is 5.47. The predicted molar refractivity (Wildman–Crippen MR) is 74.1 cm³/mol. The lowest BCUT2D eigenvalue weighted by molar-refractivity contribution is 0.569. The average Bonchev–Trinajstić information content (AvgIpc) is 2.87. The van der Waals surface area contributed by atoms with Gasteiger partial charge >= 0.3 is 0 Å². The summed E-state index contributed by atoms with van der Waals surface area (Å²) in [5, 5.41) is 14.2. The minimum atomic E-state index is 0.761. The topological polar surface area (TPSA) is 80.5 Å².